The molecule has 1 N–H and O–H groups in total. The zero-order valence-corrected chi connectivity index (χ0v) is 14.1. The summed E-state index contributed by atoms with van der Waals surface area (Å²) >= 11 is 0. The smallest absolute Gasteiger partial charge is 0.135 e. The maximum Gasteiger partial charge on any atom is 0.135 e. The van der Waals surface area contributed by atoms with Gasteiger partial charge in [-0.25, -0.2) is 9.97 Å². The Morgan fingerprint density at radius 3 is 2.40 bits per heavy atom. The quantitative estimate of drug-likeness (QED) is 0.856. The molecule has 1 rings (SSSR count). The Labute approximate surface area is 124 Å². The van der Waals surface area contributed by atoms with Crippen LogP contribution in [0.4, 0.5) is 11.6 Å². The van der Waals surface area contributed by atoms with Crippen LogP contribution in [0, 0.1) is 5.41 Å². The molecule has 0 spiro atoms. The van der Waals surface area contributed by atoms with Gasteiger partial charge in [0.05, 0.1) is 0 Å². The van der Waals surface area contributed by atoms with Crippen molar-refractivity contribution >= 4 is 11.6 Å². The Morgan fingerprint density at radius 2 is 1.90 bits per heavy atom. The van der Waals surface area contributed by atoms with Crippen molar-refractivity contribution in [3.63, 3.8) is 0 Å². The number of anilines is 2. The summed E-state index contributed by atoms with van der Waals surface area (Å²) in [7, 11) is 2.10. The van der Waals surface area contributed by atoms with Crippen LogP contribution < -0.4 is 10.2 Å². The van der Waals surface area contributed by atoms with E-state index in [9.17, 15) is 0 Å². The first-order valence-corrected chi connectivity index (χ1v) is 7.57. The van der Waals surface area contributed by atoms with E-state index in [-0.39, 0.29) is 5.41 Å². The van der Waals surface area contributed by atoms with Crippen molar-refractivity contribution < 1.29 is 0 Å². The molecule has 0 bridgehead atoms. The number of nitrogens with zero attached hydrogens (tertiary/aromatic N) is 3. The molecular weight excluding hydrogens is 248 g/mol. The average molecular weight is 278 g/mol. The van der Waals surface area contributed by atoms with E-state index < -0.39 is 0 Å². The normalized spacial score (nSPS) is 11.8. The van der Waals surface area contributed by atoms with Gasteiger partial charge >= 0.3 is 0 Å². The molecule has 4 heteroatoms. The van der Waals surface area contributed by atoms with E-state index >= 15 is 0 Å². The van der Waals surface area contributed by atoms with Crippen molar-refractivity contribution in [3.8, 4) is 0 Å². The van der Waals surface area contributed by atoms with Crippen LogP contribution in [0.3, 0.4) is 0 Å². The lowest BCUT2D eigenvalue weighted by molar-refractivity contribution is 0.417. The van der Waals surface area contributed by atoms with Crippen molar-refractivity contribution in [2.24, 2.45) is 5.41 Å². The van der Waals surface area contributed by atoms with Crippen LogP contribution in [-0.4, -0.2) is 30.1 Å². The number of rotatable bonds is 6. The summed E-state index contributed by atoms with van der Waals surface area (Å²) in [6.45, 7) is 15.0. The fourth-order valence-corrected chi connectivity index (χ4v) is 2.04. The van der Waals surface area contributed by atoms with Gasteiger partial charge in [-0.15, -0.1) is 0 Å². The molecule has 0 saturated carbocycles. The van der Waals surface area contributed by atoms with Crippen LogP contribution in [0.1, 0.15) is 59.7 Å². The van der Waals surface area contributed by atoms with Gasteiger partial charge in [0.15, 0.2) is 0 Å². The molecule has 0 saturated heterocycles. The molecule has 4 nitrogen and oxygen atoms in total. The summed E-state index contributed by atoms with van der Waals surface area (Å²) in [6.07, 6.45) is 1.09. The fourth-order valence-electron chi connectivity index (χ4n) is 2.04. The third-order valence-electron chi connectivity index (χ3n) is 2.91. The first kappa shape index (κ1) is 16.7. The summed E-state index contributed by atoms with van der Waals surface area (Å²) in [5, 5.41) is 3.37. The van der Waals surface area contributed by atoms with Gasteiger partial charge in [-0.3, -0.25) is 0 Å². The minimum Gasteiger partial charge on any atom is -0.370 e. The van der Waals surface area contributed by atoms with Crippen molar-refractivity contribution in [1.82, 2.24) is 9.97 Å². The molecule has 1 heterocycles. The summed E-state index contributed by atoms with van der Waals surface area (Å²) < 4.78 is 0. The largest absolute Gasteiger partial charge is 0.370 e. The molecule has 0 atom stereocenters. The van der Waals surface area contributed by atoms with Crippen LogP contribution in [0.25, 0.3) is 0 Å². The Kier molecular flexibility index (Phi) is 5.78. The molecule has 0 amide bonds. The van der Waals surface area contributed by atoms with Crippen LogP contribution in [0.5, 0.6) is 0 Å². The Hall–Kier alpha value is -1.32. The van der Waals surface area contributed by atoms with Crippen LogP contribution in [0.15, 0.2) is 6.07 Å². The van der Waals surface area contributed by atoms with Gasteiger partial charge in [-0.1, -0.05) is 41.5 Å². The summed E-state index contributed by atoms with van der Waals surface area (Å²) in [6, 6.07) is 2.05. The minimum absolute atomic E-state index is 0.245. The maximum atomic E-state index is 4.70. The van der Waals surface area contributed by atoms with Crippen molar-refractivity contribution in [1.29, 1.82) is 0 Å². The topological polar surface area (TPSA) is 41.0 Å². The predicted octanol–water partition coefficient (Wildman–Crippen LogP) is 3.90. The van der Waals surface area contributed by atoms with Gasteiger partial charge in [-0.05, 0) is 11.8 Å². The summed E-state index contributed by atoms with van der Waals surface area (Å²) in [5.41, 5.74) is 0.245. The average Bonchev–Trinajstić information content (AvgIpc) is 2.33. The number of hydrogen-bond acceptors (Lipinski definition) is 4. The van der Waals surface area contributed by atoms with Crippen molar-refractivity contribution in [3.05, 3.63) is 11.9 Å². The van der Waals surface area contributed by atoms with Gasteiger partial charge in [0.2, 0.25) is 0 Å². The van der Waals surface area contributed by atoms with Crippen molar-refractivity contribution in [2.75, 3.05) is 30.4 Å². The lowest BCUT2D eigenvalue weighted by Gasteiger charge is -2.28. The van der Waals surface area contributed by atoms with E-state index in [1.165, 1.54) is 0 Å². The molecule has 0 unspecified atom stereocenters. The van der Waals surface area contributed by atoms with Gasteiger partial charge in [-0.2, -0.15) is 0 Å². The molecule has 0 aliphatic rings. The SMILES string of the molecule is CCCNc1cc(N(C)CC(C)(C)C)nc(C(C)C)n1. The highest BCUT2D eigenvalue weighted by Gasteiger charge is 2.17. The lowest BCUT2D eigenvalue weighted by atomic mass is 9.96. The van der Waals surface area contributed by atoms with Crippen LogP contribution in [-0.2, 0) is 0 Å². The molecule has 20 heavy (non-hydrogen) atoms. The highest BCUT2D eigenvalue weighted by molar-refractivity contribution is 5.49. The second-order valence-corrected chi connectivity index (χ2v) is 6.97. The molecule has 0 fully saturated rings. The Balaban J connectivity index is 3.01. The fraction of sp³-hybridized carbons (Fsp3) is 0.750. The minimum atomic E-state index is 0.245. The van der Waals surface area contributed by atoms with E-state index in [0.717, 1.165) is 37.0 Å². The third kappa shape index (κ3) is 5.35. The predicted molar refractivity (Wildman–Crippen MR) is 87.6 cm³/mol. The number of aromatic nitrogens is 2. The molecule has 0 aromatic carbocycles. The Morgan fingerprint density at radius 1 is 1.25 bits per heavy atom. The van der Waals surface area contributed by atoms with E-state index in [1.54, 1.807) is 0 Å². The molecule has 0 aliphatic carbocycles. The standard InChI is InChI=1S/C16H30N4/c1-8-9-17-13-10-14(19-15(18-13)12(2)3)20(7)11-16(4,5)6/h10,12H,8-9,11H2,1-7H3,(H,17,18,19). The first-order valence-electron chi connectivity index (χ1n) is 7.57. The maximum absolute atomic E-state index is 4.70. The van der Waals surface area contributed by atoms with E-state index in [1.807, 2.05) is 6.07 Å². The van der Waals surface area contributed by atoms with E-state index in [4.69, 9.17) is 4.98 Å². The zero-order chi connectivity index (χ0) is 15.3. The van der Waals surface area contributed by atoms with Crippen LogP contribution in [0.2, 0.25) is 0 Å². The number of nitrogens with one attached hydrogen (secondary N) is 1. The van der Waals surface area contributed by atoms with Crippen molar-refractivity contribution in [2.45, 2.75) is 53.9 Å². The van der Waals surface area contributed by atoms with Gasteiger partial charge in [0, 0.05) is 32.1 Å². The zero-order valence-electron chi connectivity index (χ0n) is 14.1. The van der Waals surface area contributed by atoms with Gasteiger partial charge in [0.1, 0.15) is 17.5 Å². The lowest BCUT2D eigenvalue weighted by Crippen LogP contribution is -2.30. The Bertz CT molecular complexity index is 421. The van der Waals surface area contributed by atoms with Gasteiger partial charge in [0.25, 0.3) is 0 Å². The van der Waals surface area contributed by atoms with Crippen LogP contribution >= 0.6 is 0 Å². The molecule has 1 aromatic rings. The molecule has 0 radical (unpaired) electrons. The molecular formula is C16H30N4. The monoisotopic (exact) mass is 278 g/mol. The third-order valence-corrected chi connectivity index (χ3v) is 2.91. The second kappa shape index (κ2) is 6.91. The van der Waals surface area contributed by atoms with E-state index in [0.29, 0.717) is 5.92 Å². The summed E-state index contributed by atoms with van der Waals surface area (Å²) in [4.78, 5) is 11.5. The second-order valence-electron chi connectivity index (χ2n) is 6.97. The first-order chi connectivity index (χ1) is 9.23. The molecule has 114 valence electrons. The highest BCUT2D eigenvalue weighted by Crippen LogP contribution is 2.22. The van der Waals surface area contributed by atoms with Gasteiger partial charge < -0.3 is 10.2 Å². The number of hydrogen-bond donors (Lipinski definition) is 1. The summed E-state index contributed by atoms with van der Waals surface area (Å²) in [5.74, 6) is 3.17. The molecule has 0 aliphatic heterocycles. The van der Waals surface area contributed by atoms with E-state index in [2.05, 4.69) is 63.8 Å². The highest BCUT2D eigenvalue weighted by atomic mass is 15.2. The molecule has 1 aromatic heterocycles.